The molecule has 0 nitrogen and oxygen atoms in total. The molecule has 0 saturated heterocycles. The average molecular weight is 412 g/mol. The van der Waals surface area contributed by atoms with Crippen LogP contribution >= 0.6 is 0 Å². The van der Waals surface area contributed by atoms with E-state index < -0.39 is 23.3 Å². The van der Waals surface area contributed by atoms with Gasteiger partial charge in [-0.25, -0.2) is 17.6 Å². The largest absolute Gasteiger partial charge is 0.206 e. The van der Waals surface area contributed by atoms with Gasteiger partial charge in [0, 0.05) is 17.5 Å². The monoisotopic (exact) mass is 412 g/mol. The molecule has 30 heavy (non-hydrogen) atoms. The molecule has 1 aliphatic carbocycles. The van der Waals surface area contributed by atoms with Crippen LogP contribution in [0.3, 0.4) is 0 Å². The number of hydrogen-bond donors (Lipinski definition) is 0. The molecule has 4 rings (SSSR count). The second kappa shape index (κ2) is 8.63. The lowest BCUT2D eigenvalue weighted by atomic mass is 9.97. The maximum atomic E-state index is 15.3. The fourth-order valence-electron chi connectivity index (χ4n) is 4.32. The Kier molecular flexibility index (Phi) is 5.94. The van der Waals surface area contributed by atoms with Crippen molar-refractivity contribution in [2.45, 2.75) is 51.9 Å². The van der Waals surface area contributed by atoms with E-state index in [2.05, 4.69) is 19.1 Å². The predicted molar refractivity (Wildman–Crippen MR) is 112 cm³/mol. The number of hydrogen-bond acceptors (Lipinski definition) is 0. The van der Waals surface area contributed by atoms with Gasteiger partial charge in [0.25, 0.3) is 0 Å². The second-order valence-electron chi connectivity index (χ2n) is 8.04. The standard InChI is InChI=1S/C26H24F4/c1-2-3-4-5-6-7-16-8-9-19-17(12-16)13-22-21(19)11-10-20(25(22)29)18-14-23(27)26(30)24(28)15-18/h8-12,14-15H,2-7,13H2,1H3. The van der Waals surface area contributed by atoms with Gasteiger partial charge in [-0.2, -0.15) is 0 Å². The summed E-state index contributed by atoms with van der Waals surface area (Å²) in [5, 5.41) is 0. The van der Waals surface area contributed by atoms with Crippen molar-refractivity contribution in [3.8, 4) is 22.3 Å². The van der Waals surface area contributed by atoms with Crippen molar-refractivity contribution in [3.63, 3.8) is 0 Å². The molecule has 0 heterocycles. The Morgan fingerprint density at radius 3 is 2.10 bits per heavy atom. The first-order valence-electron chi connectivity index (χ1n) is 10.6. The molecule has 156 valence electrons. The fourth-order valence-corrected chi connectivity index (χ4v) is 4.32. The minimum absolute atomic E-state index is 0.00424. The minimum atomic E-state index is -1.55. The van der Waals surface area contributed by atoms with E-state index in [1.807, 2.05) is 6.07 Å². The lowest BCUT2D eigenvalue weighted by Gasteiger charge is -2.09. The van der Waals surface area contributed by atoms with Crippen molar-refractivity contribution < 1.29 is 17.6 Å². The third kappa shape index (κ3) is 3.88. The van der Waals surface area contributed by atoms with Crippen LogP contribution in [0.1, 0.15) is 55.7 Å². The van der Waals surface area contributed by atoms with Crippen molar-refractivity contribution in [1.82, 2.24) is 0 Å². The van der Waals surface area contributed by atoms with Crippen LogP contribution < -0.4 is 0 Å². The molecule has 1 aliphatic rings. The second-order valence-corrected chi connectivity index (χ2v) is 8.04. The maximum Gasteiger partial charge on any atom is 0.194 e. The number of rotatable bonds is 7. The van der Waals surface area contributed by atoms with Gasteiger partial charge in [0.1, 0.15) is 5.82 Å². The number of fused-ring (bicyclic) bond motifs is 3. The van der Waals surface area contributed by atoms with E-state index in [1.54, 1.807) is 6.07 Å². The quantitative estimate of drug-likeness (QED) is 0.164. The topological polar surface area (TPSA) is 0 Å². The zero-order valence-electron chi connectivity index (χ0n) is 17.0. The molecule has 0 aliphatic heterocycles. The molecule has 3 aromatic rings. The average Bonchev–Trinajstić information content (AvgIpc) is 3.10. The van der Waals surface area contributed by atoms with Gasteiger partial charge in [0.05, 0.1) is 0 Å². The first-order valence-corrected chi connectivity index (χ1v) is 10.6. The molecule has 0 aromatic heterocycles. The summed E-state index contributed by atoms with van der Waals surface area (Å²) < 4.78 is 55.8. The highest BCUT2D eigenvalue weighted by atomic mass is 19.2. The van der Waals surface area contributed by atoms with E-state index in [-0.39, 0.29) is 11.1 Å². The third-order valence-electron chi connectivity index (χ3n) is 5.93. The summed E-state index contributed by atoms with van der Waals surface area (Å²) in [4.78, 5) is 0. The van der Waals surface area contributed by atoms with Crippen LogP contribution in [0.4, 0.5) is 17.6 Å². The summed E-state index contributed by atoms with van der Waals surface area (Å²) in [6.07, 6.45) is 7.56. The number of benzene rings is 3. The molecule has 0 radical (unpaired) electrons. The van der Waals surface area contributed by atoms with E-state index in [9.17, 15) is 13.2 Å². The molecule has 0 fully saturated rings. The number of halogens is 4. The Balaban J connectivity index is 1.59. The van der Waals surface area contributed by atoms with Gasteiger partial charge >= 0.3 is 0 Å². The molecule has 0 N–H and O–H groups in total. The summed E-state index contributed by atoms with van der Waals surface area (Å²) in [7, 11) is 0. The summed E-state index contributed by atoms with van der Waals surface area (Å²) >= 11 is 0. The first-order chi connectivity index (χ1) is 14.5. The van der Waals surface area contributed by atoms with Crippen molar-refractivity contribution in [2.24, 2.45) is 0 Å². The Hall–Kier alpha value is -2.62. The highest BCUT2D eigenvalue weighted by Gasteiger charge is 2.25. The maximum absolute atomic E-state index is 15.3. The van der Waals surface area contributed by atoms with Gasteiger partial charge in [-0.1, -0.05) is 62.9 Å². The van der Waals surface area contributed by atoms with E-state index in [0.29, 0.717) is 12.0 Å². The lowest BCUT2D eigenvalue weighted by Crippen LogP contribution is -1.96. The van der Waals surface area contributed by atoms with Gasteiger partial charge in [0.2, 0.25) is 0 Å². The van der Waals surface area contributed by atoms with Crippen molar-refractivity contribution in [2.75, 3.05) is 0 Å². The molecule has 4 heteroatoms. The smallest absolute Gasteiger partial charge is 0.194 e. The lowest BCUT2D eigenvalue weighted by molar-refractivity contribution is 0.447. The Bertz CT molecular complexity index is 1060. The normalized spacial score (nSPS) is 12.2. The minimum Gasteiger partial charge on any atom is -0.206 e. The Morgan fingerprint density at radius 1 is 0.700 bits per heavy atom. The van der Waals surface area contributed by atoms with Crippen LogP contribution in [-0.2, 0) is 12.8 Å². The molecule has 0 spiro atoms. The van der Waals surface area contributed by atoms with Gasteiger partial charge in [0.15, 0.2) is 17.5 Å². The van der Waals surface area contributed by atoms with E-state index in [1.165, 1.54) is 37.3 Å². The zero-order chi connectivity index (χ0) is 21.3. The Morgan fingerprint density at radius 2 is 1.37 bits per heavy atom. The highest BCUT2D eigenvalue weighted by molar-refractivity contribution is 5.81. The summed E-state index contributed by atoms with van der Waals surface area (Å²) in [5.74, 6) is -4.70. The van der Waals surface area contributed by atoms with Crippen LogP contribution in [-0.4, -0.2) is 0 Å². The van der Waals surface area contributed by atoms with Crippen LogP contribution in [0.25, 0.3) is 22.3 Å². The molecule has 0 unspecified atom stereocenters. The van der Waals surface area contributed by atoms with E-state index in [0.717, 1.165) is 41.7 Å². The third-order valence-corrected chi connectivity index (χ3v) is 5.93. The summed E-state index contributed by atoms with van der Waals surface area (Å²) in [5.41, 5.74) is 4.73. The van der Waals surface area contributed by atoms with Crippen LogP contribution in [0.15, 0.2) is 42.5 Å². The van der Waals surface area contributed by atoms with E-state index in [4.69, 9.17) is 0 Å². The van der Waals surface area contributed by atoms with Crippen LogP contribution in [0.5, 0.6) is 0 Å². The molecular formula is C26H24F4. The van der Waals surface area contributed by atoms with Gasteiger partial charge in [-0.05, 0) is 52.8 Å². The van der Waals surface area contributed by atoms with Gasteiger partial charge in [-0.3, -0.25) is 0 Å². The zero-order valence-corrected chi connectivity index (χ0v) is 17.0. The fraction of sp³-hybridized carbons (Fsp3) is 0.308. The summed E-state index contributed by atoms with van der Waals surface area (Å²) in [6.45, 7) is 2.20. The van der Waals surface area contributed by atoms with Crippen LogP contribution in [0, 0.1) is 23.3 Å². The van der Waals surface area contributed by atoms with Crippen LogP contribution in [0.2, 0.25) is 0 Å². The molecule has 0 saturated carbocycles. The van der Waals surface area contributed by atoms with E-state index >= 15 is 4.39 Å². The summed E-state index contributed by atoms with van der Waals surface area (Å²) in [6, 6.07) is 11.2. The van der Waals surface area contributed by atoms with Gasteiger partial charge in [-0.15, -0.1) is 0 Å². The number of aryl methyl sites for hydroxylation is 1. The molecule has 3 aromatic carbocycles. The van der Waals surface area contributed by atoms with Crippen molar-refractivity contribution >= 4 is 0 Å². The molecule has 0 atom stereocenters. The van der Waals surface area contributed by atoms with Crippen molar-refractivity contribution in [3.05, 3.63) is 82.4 Å². The highest BCUT2D eigenvalue weighted by Crippen LogP contribution is 2.41. The van der Waals surface area contributed by atoms with Gasteiger partial charge < -0.3 is 0 Å². The molecule has 0 bridgehead atoms. The predicted octanol–water partition coefficient (Wildman–Crippen LogP) is 7.99. The van der Waals surface area contributed by atoms with Crippen molar-refractivity contribution in [1.29, 1.82) is 0 Å². The molecular weight excluding hydrogens is 388 g/mol. The number of unbranched alkanes of at least 4 members (excludes halogenated alkanes) is 4. The molecule has 0 amide bonds. The Labute approximate surface area is 174 Å². The first kappa shape index (κ1) is 20.6. The SMILES string of the molecule is CCCCCCCc1ccc2c(c1)Cc1c-2ccc(-c2cc(F)c(F)c(F)c2)c1F.